The molecule has 158 valence electrons. The van der Waals surface area contributed by atoms with E-state index in [1.807, 2.05) is 25.1 Å². The topological polar surface area (TPSA) is 33.7 Å². The minimum Gasteiger partial charge on any atom is -0.490 e. The smallest absolute Gasteiger partial charge is 0.161 e. The van der Waals surface area contributed by atoms with Crippen LogP contribution in [0.15, 0.2) is 36.4 Å². The van der Waals surface area contributed by atoms with Crippen molar-refractivity contribution in [2.75, 3.05) is 26.2 Å². The Bertz CT molecular complexity index is 802. The van der Waals surface area contributed by atoms with Crippen molar-refractivity contribution in [1.82, 2.24) is 10.2 Å². The molecule has 1 saturated heterocycles. The molecule has 1 heterocycles. The molecule has 1 aliphatic rings. The van der Waals surface area contributed by atoms with Crippen molar-refractivity contribution in [3.63, 3.8) is 0 Å². The summed E-state index contributed by atoms with van der Waals surface area (Å²) in [4.78, 5) is 2.54. The highest BCUT2D eigenvalue weighted by Gasteiger charge is 2.22. The molecule has 0 aliphatic carbocycles. The highest BCUT2D eigenvalue weighted by Crippen LogP contribution is 2.30. The average Bonchev–Trinajstić information content (AvgIpc) is 3.16. The first-order valence-corrected chi connectivity index (χ1v) is 10.8. The van der Waals surface area contributed by atoms with Gasteiger partial charge in [0.2, 0.25) is 0 Å². The molecule has 2 aromatic rings. The van der Waals surface area contributed by atoms with Gasteiger partial charge in [-0.3, -0.25) is 4.90 Å². The van der Waals surface area contributed by atoms with Gasteiger partial charge in [-0.1, -0.05) is 30.7 Å². The van der Waals surface area contributed by atoms with Gasteiger partial charge in [-0.2, -0.15) is 0 Å². The minimum atomic E-state index is -0.356. The van der Waals surface area contributed by atoms with Crippen LogP contribution in [-0.2, 0) is 13.2 Å². The van der Waals surface area contributed by atoms with Gasteiger partial charge in [0.15, 0.2) is 11.5 Å². The molecule has 0 saturated carbocycles. The molecule has 1 fully saturated rings. The molecule has 0 spiro atoms. The second-order valence-corrected chi connectivity index (χ2v) is 7.70. The van der Waals surface area contributed by atoms with Crippen molar-refractivity contribution in [3.05, 3.63) is 58.4 Å². The van der Waals surface area contributed by atoms with Crippen LogP contribution in [0.25, 0.3) is 0 Å². The number of benzene rings is 2. The third-order valence-electron chi connectivity index (χ3n) is 5.32. The van der Waals surface area contributed by atoms with Crippen molar-refractivity contribution in [3.8, 4) is 11.5 Å². The molecule has 0 radical (unpaired) electrons. The summed E-state index contributed by atoms with van der Waals surface area (Å²) in [5, 5.41) is 3.93. The van der Waals surface area contributed by atoms with Crippen LogP contribution in [0.1, 0.15) is 37.8 Å². The predicted octanol–water partition coefficient (Wildman–Crippen LogP) is 5.03. The summed E-state index contributed by atoms with van der Waals surface area (Å²) in [6, 6.07) is 10.9. The zero-order valence-corrected chi connectivity index (χ0v) is 18.0. The fourth-order valence-corrected chi connectivity index (χ4v) is 3.99. The van der Waals surface area contributed by atoms with Gasteiger partial charge in [-0.15, -0.1) is 0 Å². The Morgan fingerprint density at radius 2 is 2.00 bits per heavy atom. The van der Waals surface area contributed by atoms with Gasteiger partial charge in [0.05, 0.1) is 11.6 Å². The van der Waals surface area contributed by atoms with E-state index in [0.717, 1.165) is 30.8 Å². The summed E-state index contributed by atoms with van der Waals surface area (Å²) in [5.74, 6) is 1.01. The van der Waals surface area contributed by atoms with Crippen molar-refractivity contribution >= 4 is 11.6 Å². The third-order valence-corrected chi connectivity index (χ3v) is 5.67. The van der Waals surface area contributed by atoms with Crippen LogP contribution in [0.3, 0.4) is 0 Å². The summed E-state index contributed by atoms with van der Waals surface area (Å²) < 4.78 is 24.9. The van der Waals surface area contributed by atoms with E-state index in [9.17, 15) is 4.39 Å². The van der Waals surface area contributed by atoms with Crippen molar-refractivity contribution in [2.45, 2.75) is 45.9 Å². The zero-order chi connectivity index (χ0) is 20.6. The first kappa shape index (κ1) is 21.9. The van der Waals surface area contributed by atoms with E-state index in [2.05, 4.69) is 17.1 Å². The third kappa shape index (κ3) is 6.08. The van der Waals surface area contributed by atoms with Gasteiger partial charge < -0.3 is 14.8 Å². The van der Waals surface area contributed by atoms with Crippen LogP contribution < -0.4 is 14.8 Å². The Balaban J connectivity index is 1.59. The molecule has 0 amide bonds. The second-order valence-electron chi connectivity index (χ2n) is 7.29. The summed E-state index contributed by atoms with van der Waals surface area (Å²) in [5.41, 5.74) is 1.89. The maximum absolute atomic E-state index is 13.2. The zero-order valence-electron chi connectivity index (χ0n) is 17.2. The standard InChI is InChI=1S/C23H30ClFN2O2/c1-3-27-11-5-6-20(27)15-26-14-17-7-10-22(23(12-17)28-4-2)29-16-18-8-9-19(25)13-21(18)24/h7-10,12-13,20,26H,3-6,11,14-16H2,1-2H3. The van der Waals surface area contributed by atoms with E-state index >= 15 is 0 Å². The van der Waals surface area contributed by atoms with Crippen LogP contribution in [0.4, 0.5) is 4.39 Å². The number of ether oxygens (including phenoxy) is 2. The quantitative estimate of drug-likeness (QED) is 0.584. The van der Waals surface area contributed by atoms with Gasteiger partial charge in [0.25, 0.3) is 0 Å². The Labute approximate surface area is 178 Å². The van der Waals surface area contributed by atoms with E-state index in [-0.39, 0.29) is 12.4 Å². The van der Waals surface area contributed by atoms with E-state index in [1.54, 1.807) is 6.07 Å². The molecule has 0 bridgehead atoms. The molecule has 6 heteroatoms. The van der Waals surface area contributed by atoms with Gasteiger partial charge in [-0.25, -0.2) is 4.39 Å². The molecule has 1 unspecified atom stereocenters. The molecular formula is C23H30ClFN2O2. The lowest BCUT2D eigenvalue weighted by atomic mass is 10.1. The Morgan fingerprint density at radius 1 is 1.14 bits per heavy atom. The minimum absolute atomic E-state index is 0.255. The van der Waals surface area contributed by atoms with Crippen molar-refractivity contribution in [2.24, 2.45) is 0 Å². The maximum Gasteiger partial charge on any atom is 0.161 e. The van der Waals surface area contributed by atoms with Crippen molar-refractivity contribution < 1.29 is 13.9 Å². The highest BCUT2D eigenvalue weighted by molar-refractivity contribution is 6.31. The van der Waals surface area contributed by atoms with Gasteiger partial charge in [0, 0.05) is 24.7 Å². The number of rotatable bonds is 10. The monoisotopic (exact) mass is 420 g/mol. The lowest BCUT2D eigenvalue weighted by Gasteiger charge is -2.23. The summed E-state index contributed by atoms with van der Waals surface area (Å²) >= 11 is 6.09. The first-order chi connectivity index (χ1) is 14.1. The molecule has 1 atom stereocenters. The Morgan fingerprint density at radius 3 is 2.76 bits per heavy atom. The molecule has 1 aliphatic heterocycles. The van der Waals surface area contributed by atoms with Crippen LogP contribution in [0, 0.1) is 5.82 Å². The molecule has 3 rings (SSSR count). The lowest BCUT2D eigenvalue weighted by Crippen LogP contribution is -2.37. The van der Waals surface area contributed by atoms with Gasteiger partial charge >= 0.3 is 0 Å². The van der Waals surface area contributed by atoms with Gasteiger partial charge in [0.1, 0.15) is 12.4 Å². The molecule has 1 N–H and O–H groups in total. The van der Waals surface area contributed by atoms with E-state index in [0.29, 0.717) is 29.2 Å². The maximum atomic E-state index is 13.2. The van der Waals surface area contributed by atoms with Crippen LogP contribution >= 0.6 is 11.6 Å². The number of likely N-dealkylation sites (tertiary alicyclic amines) is 1. The fraction of sp³-hybridized carbons (Fsp3) is 0.478. The fourth-order valence-electron chi connectivity index (χ4n) is 3.77. The molecule has 0 aromatic heterocycles. The molecular weight excluding hydrogens is 391 g/mol. The van der Waals surface area contributed by atoms with E-state index in [4.69, 9.17) is 21.1 Å². The Hall–Kier alpha value is -1.82. The van der Waals surface area contributed by atoms with Crippen LogP contribution in [-0.4, -0.2) is 37.2 Å². The van der Waals surface area contributed by atoms with Crippen molar-refractivity contribution in [1.29, 1.82) is 0 Å². The van der Waals surface area contributed by atoms with Crippen LogP contribution in [0.5, 0.6) is 11.5 Å². The van der Waals surface area contributed by atoms with E-state index < -0.39 is 0 Å². The van der Waals surface area contributed by atoms with E-state index in [1.165, 1.54) is 31.5 Å². The lowest BCUT2D eigenvalue weighted by molar-refractivity contribution is 0.259. The number of halogens is 2. The molecule has 4 nitrogen and oxygen atoms in total. The summed E-state index contributed by atoms with van der Waals surface area (Å²) in [6.45, 7) is 9.10. The number of nitrogens with one attached hydrogen (secondary N) is 1. The average molecular weight is 421 g/mol. The number of nitrogens with zero attached hydrogens (tertiary/aromatic N) is 1. The summed E-state index contributed by atoms with van der Waals surface area (Å²) in [6.07, 6.45) is 2.56. The highest BCUT2D eigenvalue weighted by atomic mass is 35.5. The number of hydrogen-bond donors (Lipinski definition) is 1. The second kappa shape index (κ2) is 10.8. The SMILES string of the molecule is CCOc1cc(CNCC2CCCN2CC)ccc1OCc1ccc(F)cc1Cl. The van der Waals surface area contributed by atoms with Gasteiger partial charge in [-0.05, 0) is 62.7 Å². The molecule has 29 heavy (non-hydrogen) atoms. The number of likely N-dealkylation sites (N-methyl/N-ethyl adjacent to an activating group) is 1. The number of hydrogen-bond acceptors (Lipinski definition) is 4. The largest absolute Gasteiger partial charge is 0.490 e. The molecule has 2 aromatic carbocycles. The predicted molar refractivity (Wildman–Crippen MR) is 115 cm³/mol. The summed E-state index contributed by atoms with van der Waals surface area (Å²) in [7, 11) is 0. The van der Waals surface area contributed by atoms with Crippen LogP contribution in [0.2, 0.25) is 5.02 Å². The Kier molecular flexibility index (Phi) is 8.16. The first-order valence-electron chi connectivity index (χ1n) is 10.4. The normalized spacial score (nSPS) is 16.9.